The predicted octanol–water partition coefficient (Wildman–Crippen LogP) is 0.960. The minimum Gasteiger partial charge on any atom is -0.328 e. The zero-order chi connectivity index (χ0) is 10.6. The average molecular weight is 200 g/mol. The summed E-state index contributed by atoms with van der Waals surface area (Å²) in [6.07, 6.45) is 3.69. The molecule has 1 aliphatic rings. The van der Waals surface area contributed by atoms with Gasteiger partial charge in [-0.15, -0.1) is 0 Å². The van der Waals surface area contributed by atoms with E-state index in [9.17, 15) is 4.79 Å². The minimum atomic E-state index is 0.00519. The summed E-state index contributed by atoms with van der Waals surface area (Å²) in [5.74, 6) is 0.0964. The molecular weight excluding hydrogens is 180 g/mol. The zero-order valence-electron chi connectivity index (χ0n) is 8.95. The molecule has 0 saturated heterocycles. The lowest BCUT2D eigenvalue weighted by Crippen LogP contribution is -2.37. The monoisotopic (exact) mass is 200 g/mol. The maximum Gasteiger partial charge on any atom is 0.246 e. The van der Waals surface area contributed by atoms with Crippen molar-refractivity contribution in [1.82, 2.24) is 5.48 Å². The Balaban J connectivity index is 2.24. The molecule has 0 aromatic carbocycles. The molecule has 82 valence electrons. The van der Waals surface area contributed by atoms with Crippen LogP contribution in [-0.4, -0.2) is 18.1 Å². The number of hydrogen-bond donors (Lipinski definition) is 2. The second-order valence-corrected chi connectivity index (χ2v) is 4.24. The van der Waals surface area contributed by atoms with E-state index in [2.05, 4.69) is 5.48 Å². The van der Waals surface area contributed by atoms with Crippen LogP contribution in [0.3, 0.4) is 0 Å². The highest BCUT2D eigenvalue weighted by molar-refractivity contribution is 5.77. The number of amides is 1. The van der Waals surface area contributed by atoms with E-state index >= 15 is 0 Å². The van der Waals surface area contributed by atoms with E-state index in [0.29, 0.717) is 0 Å². The van der Waals surface area contributed by atoms with Crippen molar-refractivity contribution in [2.24, 2.45) is 11.7 Å². The van der Waals surface area contributed by atoms with Crippen molar-refractivity contribution in [1.29, 1.82) is 0 Å². The Morgan fingerprint density at radius 3 is 2.43 bits per heavy atom. The molecule has 0 spiro atoms. The van der Waals surface area contributed by atoms with Crippen LogP contribution < -0.4 is 11.2 Å². The van der Waals surface area contributed by atoms with Crippen LogP contribution in [-0.2, 0) is 9.63 Å². The number of carbonyl (C=O) groups is 1. The van der Waals surface area contributed by atoms with Gasteiger partial charge in [-0.05, 0) is 39.5 Å². The number of hydrogen-bond acceptors (Lipinski definition) is 3. The Hall–Kier alpha value is -0.610. The second kappa shape index (κ2) is 5.32. The fraction of sp³-hybridized carbons (Fsp3) is 0.900. The summed E-state index contributed by atoms with van der Waals surface area (Å²) in [5, 5.41) is 0. The molecule has 4 heteroatoms. The first-order valence-corrected chi connectivity index (χ1v) is 5.30. The van der Waals surface area contributed by atoms with Crippen molar-refractivity contribution in [3.05, 3.63) is 0 Å². The van der Waals surface area contributed by atoms with Gasteiger partial charge in [0.2, 0.25) is 5.91 Å². The third kappa shape index (κ3) is 3.64. The number of nitrogens with one attached hydrogen (secondary N) is 1. The third-order valence-corrected chi connectivity index (χ3v) is 2.54. The third-order valence-electron chi connectivity index (χ3n) is 2.54. The van der Waals surface area contributed by atoms with E-state index in [0.717, 1.165) is 25.7 Å². The average Bonchev–Trinajstić information content (AvgIpc) is 2.15. The molecule has 0 bridgehead atoms. The van der Waals surface area contributed by atoms with Gasteiger partial charge in [0, 0.05) is 12.0 Å². The van der Waals surface area contributed by atoms with Crippen LogP contribution in [0.15, 0.2) is 0 Å². The normalized spacial score (nSPS) is 27.7. The van der Waals surface area contributed by atoms with Gasteiger partial charge in [-0.3, -0.25) is 9.63 Å². The lowest BCUT2D eigenvalue weighted by molar-refractivity contribution is -0.142. The summed E-state index contributed by atoms with van der Waals surface area (Å²) in [6.45, 7) is 3.77. The van der Waals surface area contributed by atoms with Crippen LogP contribution in [0.5, 0.6) is 0 Å². The second-order valence-electron chi connectivity index (χ2n) is 4.24. The quantitative estimate of drug-likeness (QED) is 0.667. The van der Waals surface area contributed by atoms with E-state index < -0.39 is 0 Å². The Bertz CT molecular complexity index is 187. The lowest BCUT2D eigenvalue weighted by atomic mass is 9.86. The van der Waals surface area contributed by atoms with Crippen molar-refractivity contribution in [3.8, 4) is 0 Å². The molecule has 3 N–H and O–H groups in total. The number of rotatable bonds is 3. The van der Waals surface area contributed by atoms with E-state index in [4.69, 9.17) is 10.6 Å². The van der Waals surface area contributed by atoms with Gasteiger partial charge in [0.25, 0.3) is 0 Å². The molecule has 14 heavy (non-hydrogen) atoms. The van der Waals surface area contributed by atoms with E-state index in [1.54, 1.807) is 0 Å². The molecule has 0 unspecified atom stereocenters. The summed E-state index contributed by atoms with van der Waals surface area (Å²) < 4.78 is 0. The largest absolute Gasteiger partial charge is 0.328 e. The van der Waals surface area contributed by atoms with E-state index in [1.807, 2.05) is 13.8 Å². The summed E-state index contributed by atoms with van der Waals surface area (Å²) in [7, 11) is 0. The highest BCUT2D eigenvalue weighted by atomic mass is 16.7. The van der Waals surface area contributed by atoms with Gasteiger partial charge in [0.1, 0.15) is 0 Å². The lowest BCUT2D eigenvalue weighted by Gasteiger charge is -2.25. The molecule has 1 rings (SSSR count). The molecule has 4 nitrogen and oxygen atoms in total. The Kier molecular flexibility index (Phi) is 4.35. The minimum absolute atomic E-state index is 0.00519. The summed E-state index contributed by atoms with van der Waals surface area (Å²) in [4.78, 5) is 16.6. The molecule has 0 aromatic rings. The zero-order valence-corrected chi connectivity index (χ0v) is 8.95. The summed E-state index contributed by atoms with van der Waals surface area (Å²) in [6, 6.07) is 0.282. The maximum absolute atomic E-state index is 11.5. The van der Waals surface area contributed by atoms with Gasteiger partial charge in [-0.2, -0.15) is 0 Å². The van der Waals surface area contributed by atoms with Crippen molar-refractivity contribution in [2.75, 3.05) is 0 Å². The van der Waals surface area contributed by atoms with E-state index in [-0.39, 0.29) is 24.0 Å². The van der Waals surface area contributed by atoms with Gasteiger partial charge < -0.3 is 5.73 Å². The van der Waals surface area contributed by atoms with Crippen LogP contribution >= 0.6 is 0 Å². The van der Waals surface area contributed by atoms with Crippen molar-refractivity contribution in [3.63, 3.8) is 0 Å². The number of hydroxylamine groups is 1. The van der Waals surface area contributed by atoms with E-state index in [1.165, 1.54) is 0 Å². The molecule has 1 saturated carbocycles. The summed E-state index contributed by atoms with van der Waals surface area (Å²) in [5.41, 5.74) is 8.24. The van der Waals surface area contributed by atoms with Gasteiger partial charge >= 0.3 is 0 Å². The van der Waals surface area contributed by atoms with Crippen molar-refractivity contribution < 1.29 is 9.63 Å². The Morgan fingerprint density at radius 2 is 1.93 bits per heavy atom. The maximum atomic E-state index is 11.5. The molecule has 1 fully saturated rings. The molecular formula is C10H20N2O2. The SMILES string of the molecule is CC(C)ONC(=O)C1CCC(N)CC1. The van der Waals surface area contributed by atoms with Gasteiger partial charge in [0.05, 0.1) is 6.10 Å². The fourth-order valence-electron chi connectivity index (χ4n) is 1.64. The first kappa shape index (κ1) is 11.5. The standard InChI is InChI=1S/C10H20N2O2/c1-7(2)14-12-10(13)8-3-5-9(11)6-4-8/h7-9H,3-6,11H2,1-2H3,(H,12,13). The fourth-order valence-corrected chi connectivity index (χ4v) is 1.64. The molecule has 0 aliphatic heterocycles. The Morgan fingerprint density at radius 1 is 1.36 bits per heavy atom. The van der Waals surface area contributed by atoms with Crippen molar-refractivity contribution in [2.45, 2.75) is 51.7 Å². The number of carbonyl (C=O) groups excluding carboxylic acids is 1. The topological polar surface area (TPSA) is 64.3 Å². The molecule has 0 atom stereocenters. The number of nitrogens with two attached hydrogens (primary N) is 1. The van der Waals surface area contributed by atoms with Gasteiger partial charge in [-0.25, -0.2) is 5.48 Å². The van der Waals surface area contributed by atoms with Crippen LogP contribution in [0.25, 0.3) is 0 Å². The first-order chi connectivity index (χ1) is 6.59. The molecule has 1 amide bonds. The predicted molar refractivity (Wildman–Crippen MR) is 54.3 cm³/mol. The van der Waals surface area contributed by atoms with Crippen LogP contribution in [0.2, 0.25) is 0 Å². The smallest absolute Gasteiger partial charge is 0.246 e. The van der Waals surface area contributed by atoms with Gasteiger partial charge in [0.15, 0.2) is 0 Å². The molecule has 1 aliphatic carbocycles. The molecule has 0 aromatic heterocycles. The summed E-state index contributed by atoms with van der Waals surface area (Å²) >= 11 is 0. The van der Waals surface area contributed by atoms with Crippen molar-refractivity contribution >= 4 is 5.91 Å². The van der Waals surface area contributed by atoms with Crippen LogP contribution in [0.1, 0.15) is 39.5 Å². The van der Waals surface area contributed by atoms with Crippen LogP contribution in [0, 0.1) is 5.92 Å². The Labute approximate surface area is 85.1 Å². The highest BCUT2D eigenvalue weighted by Gasteiger charge is 2.24. The van der Waals surface area contributed by atoms with Gasteiger partial charge in [-0.1, -0.05) is 0 Å². The molecule has 0 heterocycles. The molecule has 0 radical (unpaired) electrons. The first-order valence-electron chi connectivity index (χ1n) is 5.30. The van der Waals surface area contributed by atoms with Crippen LogP contribution in [0.4, 0.5) is 0 Å². The highest BCUT2D eigenvalue weighted by Crippen LogP contribution is 2.23.